The van der Waals surface area contributed by atoms with Gasteiger partial charge in [-0.15, -0.1) is 8.78 Å². The Morgan fingerprint density at radius 2 is 1.95 bits per heavy atom. The molecule has 0 saturated carbocycles. The predicted octanol–water partition coefficient (Wildman–Crippen LogP) is 3.02. The van der Waals surface area contributed by atoms with Gasteiger partial charge in [-0.05, 0) is 24.3 Å². The molecule has 98 valence electrons. The molecule has 3 rings (SSSR count). The van der Waals surface area contributed by atoms with Crippen molar-refractivity contribution in [3.05, 3.63) is 48.3 Å². The number of ether oxygens (including phenoxy) is 2. The predicted molar refractivity (Wildman–Crippen MR) is 64.2 cm³/mol. The molecule has 0 unspecified atom stereocenters. The van der Waals surface area contributed by atoms with Crippen LogP contribution in [0.15, 0.2) is 42.6 Å². The lowest BCUT2D eigenvalue weighted by Gasteiger charge is -2.06. The number of nitrogens with one attached hydrogen (secondary N) is 1. The van der Waals surface area contributed by atoms with Crippen LogP contribution in [0, 0.1) is 0 Å². The number of pyridine rings is 1. The van der Waals surface area contributed by atoms with Gasteiger partial charge in [-0.3, -0.25) is 4.98 Å². The summed E-state index contributed by atoms with van der Waals surface area (Å²) in [6, 6.07) is 10.1. The maximum Gasteiger partial charge on any atom is 0.586 e. The summed E-state index contributed by atoms with van der Waals surface area (Å²) in [5.74, 6) is 0.0596. The first-order chi connectivity index (χ1) is 9.12. The van der Waals surface area contributed by atoms with E-state index in [0.717, 1.165) is 5.69 Å². The molecule has 1 aromatic heterocycles. The van der Waals surface area contributed by atoms with Crippen LogP contribution in [0.2, 0.25) is 0 Å². The molecule has 2 heterocycles. The average molecular weight is 264 g/mol. The van der Waals surface area contributed by atoms with Gasteiger partial charge < -0.3 is 14.8 Å². The Kier molecular flexibility index (Phi) is 2.70. The Hall–Kier alpha value is -2.37. The molecule has 0 saturated heterocycles. The van der Waals surface area contributed by atoms with Crippen LogP contribution >= 0.6 is 0 Å². The van der Waals surface area contributed by atoms with Crippen LogP contribution in [0.25, 0.3) is 0 Å². The third-order valence-corrected chi connectivity index (χ3v) is 2.60. The van der Waals surface area contributed by atoms with E-state index in [2.05, 4.69) is 19.8 Å². The quantitative estimate of drug-likeness (QED) is 0.925. The van der Waals surface area contributed by atoms with Crippen LogP contribution in [0.4, 0.5) is 14.5 Å². The summed E-state index contributed by atoms with van der Waals surface area (Å²) in [4.78, 5) is 4.15. The molecule has 0 radical (unpaired) electrons. The molecule has 1 N–H and O–H groups in total. The number of benzene rings is 1. The number of aromatic nitrogens is 1. The zero-order chi connectivity index (χ0) is 13.3. The monoisotopic (exact) mass is 264 g/mol. The Labute approximate surface area is 108 Å². The van der Waals surface area contributed by atoms with E-state index in [1.165, 1.54) is 12.1 Å². The van der Waals surface area contributed by atoms with E-state index in [1.54, 1.807) is 12.3 Å². The number of rotatable bonds is 3. The van der Waals surface area contributed by atoms with Crippen LogP contribution < -0.4 is 14.8 Å². The third-order valence-electron chi connectivity index (χ3n) is 2.60. The first-order valence-corrected chi connectivity index (χ1v) is 5.66. The van der Waals surface area contributed by atoms with Crippen molar-refractivity contribution in [2.45, 2.75) is 12.8 Å². The summed E-state index contributed by atoms with van der Waals surface area (Å²) in [5, 5.41) is 3.08. The lowest BCUT2D eigenvalue weighted by atomic mass is 10.2. The molecule has 0 aliphatic carbocycles. The number of halogens is 2. The number of anilines is 1. The van der Waals surface area contributed by atoms with Crippen LogP contribution in [-0.4, -0.2) is 11.3 Å². The summed E-state index contributed by atoms with van der Waals surface area (Å²) in [5.41, 5.74) is 1.51. The second-order valence-corrected chi connectivity index (χ2v) is 4.00. The van der Waals surface area contributed by atoms with Gasteiger partial charge in [0, 0.05) is 18.0 Å². The van der Waals surface area contributed by atoms with E-state index in [4.69, 9.17) is 0 Å². The molecule has 0 fully saturated rings. The average Bonchev–Trinajstić information content (AvgIpc) is 2.70. The molecular formula is C13H10F2N2O2. The Morgan fingerprint density at radius 1 is 1.11 bits per heavy atom. The van der Waals surface area contributed by atoms with Crippen LogP contribution in [0.3, 0.4) is 0 Å². The smallest absolute Gasteiger partial charge is 0.395 e. The molecule has 1 aliphatic rings. The summed E-state index contributed by atoms with van der Waals surface area (Å²) in [6.07, 6.45) is -1.89. The third kappa shape index (κ3) is 2.57. The van der Waals surface area contributed by atoms with Crippen molar-refractivity contribution >= 4 is 5.69 Å². The minimum absolute atomic E-state index is 0.0241. The zero-order valence-corrected chi connectivity index (χ0v) is 9.77. The first-order valence-electron chi connectivity index (χ1n) is 5.66. The first kappa shape index (κ1) is 11.7. The topological polar surface area (TPSA) is 43.4 Å². The summed E-state index contributed by atoms with van der Waals surface area (Å²) in [7, 11) is 0. The second-order valence-electron chi connectivity index (χ2n) is 4.00. The Morgan fingerprint density at radius 3 is 2.74 bits per heavy atom. The minimum Gasteiger partial charge on any atom is -0.395 e. The number of fused-ring (bicyclic) bond motifs is 1. The summed E-state index contributed by atoms with van der Waals surface area (Å²) < 4.78 is 34.4. The molecule has 1 aromatic carbocycles. The fourth-order valence-corrected chi connectivity index (χ4v) is 1.75. The maximum absolute atomic E-state index is 12.8. The number of hydrogen-bond acceptors (Lipinski definition) is 4. The van der Waals surface area contributed by atoms with Crippen LogP contribution in [0.5, 0.6) is 11.5 Å². The van der Waals surface area contributed by atoms with E-state index in [1.807, 2.05) is 18.2 Å². The van der Waals surface area contributed by atoms with E-state index in [-0.39, 0.29) is 11.5 Å². The molecule has 6 heteroatoms. The van der Waals surface area contributed by atoms with Crippen molar-refractivity contribution < 1.29 is 18.3 Å². The highest BCUT2D eigenvalue weighted by Crippen LogP contribution is 2.42. The van der Waals surface area contributed by atoms with Crippen molar-refractivity contribution in [3.8, 4) is 11.5 Å². The van der Waals surface area contributed by atoms with Crippen molar-refractivity contribution in [1.29, 1.82) is 0 Å². The van der Waals surface area contributed by atoms with Crippen molar-refractivity contribution in [2.24, 2.45) is 0 Å². The summed E-state index contributed by atoms with van der Waals surface area (Å²) in [6.45, 7) is 0.497. The van der Waals surface area contributed by atoms with Gasteiger partial charge in [-0.1, -0.05) is 6.07 Å². The molecule has 0 amide bonds. The van der Waals surface area contributed by atoms with Crippen molar-refractivity contribution in [1.82, 2.24) is 4.98 Å². The standard InChI is InChI=1S/C13H10F2N2O2/c14-13(15)18-11-5-4-9(7-12(11)19-13)17-8-10-3-1-2-6-16-10/h1-7,17H,8H2. The number of alkyl halides is 2. The highest BCUT2D eigenvalue weighted by molar-refractivity contribution is 5.56. The molecule has 0 bridgehead atoms. The van der Waals surface area contributed by atoms with Crippen molar-refractivity contribution in [3.63, 3.8) is 0 Å². The molecular weight excluding hydrogens is 254 g/mol. The van der Waals surface area contributed by atoms with Gasteiger partial charge in [-0.2, -0.15) is 0 Å². The Balaban J connectivity index is 1.71. The Bertz CT molecular complexity index is 590. The summed E-state index contributed by atoms with van der Waals surface area (Å²) >= 11 is 0. The van der Waals surface area contributed by atoms with E-state index >= 15 is 0 Å². The molecule has 0 atom stereocenters. The minimum atomic E-state index is -3.58. The van der Waals surface area contributed by atoms with E-state index in [0.29, 0.717) is 12.2 Å². The largest absolute Gasteiger partial charge is 0.586 e. The zero-order valence-electron chi connectivity index (χ0n) is 9.77. The molecule has 1 aliphatic heterocycles. The number of hydrogen-bond donors (Lipinski definition) is 1. The molecule has 2 aromatic rings. The highest BCUT2D eigenvalue weighted by atomic mass is 19.3. The normalized spacial score (nSPS) is 15.3. The lowest BCUT2D eigenvalue weighted by Crippen LogP contribution is -2.25. The van der Waals surface area contributed by atoms with Crippen LogP contribution in [0.1, 0.15) is 5.69 Å². The van der Waals surface area contributed by atoms with Gasteiger partial charge in [-0.25, -0.2) is 0 Å². The van der Waals surface area contributed by atoms with Gasteiger partial charge in [0.25, 0.3) is 0 Å². The van der Waals surface area contributed by atoms with Gasteiger partial charge in [0.2, 0.25) is 0 Å². The van der Waals surface area contributed by atoms with Gasteiger partial charge in [0.1, 0.15) is 0 Å². The number of nitrogens with zero attached hydrogens (tertiary/aromatic N) is 1. The second kappa shape index (κ2) is 4.38. The fraction of sp³-hybridized carbons (Fsp3) is 0.154. The fourth-order valence-electron chi connectivity index (χ4n) is 1.75. The van der Waals surface area contributed by atoms with Crippen LogP contribution in [-0.2, 0) is 6.54 Å². The molecule has 4 nitrogen and oxygen atoms in total. The van der Waals surface area contributed by atoms with Gasteiger partial charge in [0.15, 0.2) is 11.5 Å². The van der Waals surface area contributed by atoms with Gasteiger partial charge in [0.05, 0.1) is 12.2 Å². The molecule has 0 spiro atoms. The SMILES string of the molecule is FC1(F)Oc2ccc(NCc3ccccn3)cc2O1. The maximum atomic E-state index is 12.8. The molecule has 19 heavy (non-hydrogen) atoms. The van der Waals surface area contributed by atoms with Crippen molar-refractivity contribution in [2.75, 3.05) is 5.32 Å². The highest BCUT2D eigenvalue weighted by Gasteiger charge is 2.43. The van der Waals surface area contributed by atoms with Gasteiger partial charge >= 0.3 is 6.29 Å². The van der Waals surface area contributed by atoms with E-state index < -0.39 is 6.29 Å². The lowest BCUT2D eigenvalue weighted by molar-refractivity contribution is -0.286. The van der Waals surface area contributed by atoms with E-state index in [9.17, 15) is 8.78 Å².